The number of fused-ring (bicyclic) bond motifs is 2. The van der Waals surface area contributed by atoms with Crippen molar-refractivity contribution in [2.75, 3.05) is 19.5 Å². The minimum Gasteiger partial charge on any atom is -0.369 e. The summed E-state index contributed by atoms with van der Waals surface area (Å²) in [5.74, 6) is 0.134. The number of nitrogens with two attached hydrogens (primary N) is 1. The van der Waals surface area contributed by atoms with Crippen LogP contribution >= 0.6 is 15.8 Å². The van der Waals surface area contributed by atoms with Gasteiger partial charge >= 0.3 is 6.72 Å². The number of aromatic amines is 1. The van der Waals surface area contributed by atoms with Gasteiger partial charge in [-0.15, -0.1) is 0 Å². The summed E-state index contributed by atoms with van der Waals surface area (Å²) in [6.45, 7) is -2.42. The molecule has 1 aliphatic rings. The van der Waals surface area contributed by atoms with Crippen molar-refractivity contribution in [2.24, 2.45) is 0 Å². The Morgan fingerprint density at radius 1 is 1.39 bits per heavy atom. The molecule has 1 saturated heterocycles. The number of halogens is 1. The van der Waals surface area contributed by atoms with E-state index in [-0.39, 0.29) is 39.4 Å². The average molecular weight is 627 g/mol. The maximum atomic E-state index is 15.3. The quantitative estimate of drug-likeness (QED) is 0.159. The van der Waals surface area contributed by atoms with Gasteiger partial charge in [0.15, 0.2) is 38.2 Å². The van der Waals surface area contributed by atoms with E-state index >= 15 is 4.39 Å². The Labute approximate surface area is 237 Å². The van der Waals surface area contributed by atoms with Gasteiger partial charge in [0.2, 0.25) is 5.95 Å². The van der Waals surface area contributed by atoms with E-state index in [0.29, 0.717) is 29.1 Å². The number of aromatic nitrogens is 7. The fraction of sp³-hybridized carbons (Fsp3) is 0.429. The van der Waals surface area contributed by atoms with Crippen LogP contribution in [0.2, 0.25) is 0 Å². The molecule has 5 heterocycles. The minimum absolute atomic E-state index is 0.0348. The number of nitrogens with one attached hydrogen (secondary N) is 1. The van der Waals surface area contributed by atoms with E-state index in [1.165, 1.54) is 31.1 Å². The van der Waals surface area contributed by atoms with Crippen molar-refractivity contribution >= 4 is 55.8 Å². The van der Waals surface area contributed by atoms with Crippen molar-refractivity contribution < 1.29 is 32.1 Å². The van der Waals surface area contributed by atoms with E-state index in [4.69, 9.17) is 40.4 Å². The molecule has 1 fully saturated rings. The second kappa shape index (κ2) is 12.1. The number of ether oxygens (including phenoxy) is 1. The first kappa shape index (κ1) is 29.5. The lowest BCUT2D eigenvalue weighted by molar-refractivity contribution is -0.0273. The lowest BCUT2D eigenvalue weighted by Gasteiger charge is -2.25. The molecule has 2 unspecified atom stereocenters. The fourth-order valence-electron chi connectivity index (χ4n) is 4.29. The minimum atomic E-state index is -4.11. The highest BCUT2D eigenvalue weighted by Gasteiger charge is 2.48. The Kier molecular flexibility index (Phi) is 8.71. The van der Waals surface area contributed by atoms with E-state index in [0.717, 1.165) is 0 Å². The zero-order chi connectivity index (χ0) is 29.3. The lowest BCUT2D eigenvalue weighted by atomic mass is 10.2. The van der Waals surface area contributed by atoms with Crippen LogP contribution in [0, 0.1) is 11.3 Å². The topological polar surface area (TPSA) is 210 Å². The van der Waals surface area contributed by atoms with E-state index in [1.54, 1.807) is 10.6 Å². The molecule has 1 aliphatic heterocycles. The predicted octanol–water partition coefficient (Wildman–Crippen LogP) is 1.56. The molecule has 4 aromatic heterocycles. The summed E-state index contributed by atoms with van der Waals surface area (Å²) < 4.78 is 45.5. The van der Waals surface area contributed by atoms with Crippen molar-refractivity contribution in [1.29, 1.82) is 5.26 Å². The number of nitriles is 1. The first-order valence-corrected chi connectivity index (χ1v) is 15.3. The monoisotopic (exact) mass is 627 g/mol. The molecular weight excluding hydrogens is 603 g/mol. The number of H-pyrrole nitrogens is 1. The van der Waals surface area contributed by atoms with Crippen molar-refractivity contribution in [1.82, 2.24) is 34.1 Å². The van der Waals surface area contributed by atoms with Gasteiger partial charge in [-0.1, -0.05) is 0 Å². The van der Waals surface area contributed by atoms with Crippen molar-refractivity contribution in [3.63, 3.8) is 0 Å². The summed E-state index contributed by atoms with van der Waals surface area (Å²) in [6.07, 6.45) is -2.70. The largest absolute Gasteiger partial charge is 0.369 e. The molecule has 5 rings (SSSR count). The molecule has 0 amide bonds. The highest BCUT2D eigenvalue weighted by Crippen LogP contribution is 2.50. The van der Waals surface area contributed by atoms with Gasteiger partial charge in [-0.3, -0.25) is 18.9 Å². The number of rotatable bonds is 11. The molecule has 41 heavy (non-hydrogen) atoms. The second-order valence-corrected chi connectivity index (χ2v) is 12.4. The van der Waals surface area contributed by atoms with E-state index in [9.17, 15) is 14.9 Å². The molecule has 0 aliphatic carbocycles. The maximum Gasteiger partial charge on any atom is 0.325 e. The van der Waals surface area contributed by atoms with Gasteiger partial charge in [0, 0.05) is 19.9 Å². The number of nitrogens with zero attached hydrogens (tertiary/aromatic N) is 7. The third kappa shape index (κ3) is 6.14. The van der Waals surface area contributed by atoms with E-state index < -0.39 is 36.9 Å². The molecule has 4 aromatic rings. The summed E-state index contributed by atoms with van der Waals surface area (Å²) in [5, 5.41) is 9.22. The SMILES string of the molecule is COPOCCn1c(COP(O)(=S)O[C@@H]2[C@H](F)[C@@H](C)O[C@H]2n2cnc3c(=O)[nH]c(N)nc32)nc2cc(C#N)cnc21. The van der Waals surface area contributed by atoms with Gasteiger partial charge in [0.05, 0.1) is 24.6 Å². The Morgan fingerprint density at radius 2 is 2.20 bits per heavy atom. The lowest BCUT2D eigenvalue weighted by Crippen LogP contribution is -2.30. The van der Waals surface area contributed by atoms with Crippen LogP contribution in [0.4, 0.5) is 10.3 Å². The Hall–Kier alpha value is -2.97. The van der Waals surface area contributed by atoms with Crippen molar-refractivity contribution in [3.8, 4) is 6.07 Å². The molecule has 0 saturated carbocycles. The molecule has 16 nitrogen and oxygen atoms in total. The molecule has 0 aromatic carbocycles. The number of anilines is 1. The Bertz CT molecular complexity index is 1730. The fourth-order valence-corrected chi connectivity index (χ4v) is 5.90. The van der Waals surface area contributed by atoms with Crippen LogP contribution in [0.3, 0.4) is 0 Å². The molecule has 20 heteroatoms. The van der Waals surface area contributed by atoms with E-state index in [1.807, 2.05) is 6.07 Å². The number of hydrogen-bond donors (Lipinski definition) is 3. The maximum absolute atomic E-state index is 15.3. The first-order chi connectivity index (χ1) is 19.6. The highest BCUT2D eigenvalue weighted by atomic mass is 32.5. The zero-order valence-electron chi connectivity index (χ0n) is 21.5. The summed E-state index contributed by atoms with van der Waals surface area (Å²) in [5.41, 5.74) is 6.25. The molecule has 218 valence electrons. The normalized spacial score (nSPS) is 22.6. The van der Waals surface area contributed by atoms with Gasteiger partial charge in [0.1, 0.15) is 30.1 Å². The first-order valence-electron chi connectivity index (χ1n) is 11.9. The number of hydrogen-bond acceptors (Lipinski definition) is 13. The third-order valence-electron chi connectivity index (χ3n) is 6.09. The summed E-state index contributed by atoms with van der Waals surface area (Å²) in [4.78, 5) is 42.4. The van der Waals surface area contributed by atoms with Gasteiger partial charge in [-0.25, -0.2) is 19.3 Å². The Balaban J connectivity index is 1.38. The molecular formula is C21H24FN9O7P2S. The molecule has 0 spiro atoms. The summed E-state index contributed by atoms with van der Waals surface area (Å²) >= 11 is 5.22. The standard InChI is InChI=1S/C21H24FN9O7P2S/c1-10-14(22)16(20(37-10)31-9-26-15-18(31)28-21(24)29-19(15)32)38-40(33,41)36-8-13-27-12-5-11(6-23)7-25-17(12)30(13)3-4-35-39-34-2/h5,7,9-10,14,16,20,39H,3-4,8H2,1-2H3,(H,33,41)(H3,24,28,29,32)/t10-,14-,16-,20-,40?/m1/s1. The second-order valence-electron chi connectivity index (χ2n) is 8.76. The third-order valence-corrected chi connectivity index (χ3v) is 8.11. The van der Waals surface area contributed by atoms with Crippen molar-refractivity contribution in [2.45, 2.75) is 44.7 Å². The molecule has 6 atom stereocenters. The van der Waals surface area contributed by atoms with Gasteiger partial charge in [0.25, 0.3) is 5.56 Å². The van der Waals surface area contributed by atoms with Crippen molar-refractivity contribution in [3.05, 3.63) is 40.3 Å². The van der Waals surface area contributed by atoms with Gasteiger partial charge < -0.3 is 33.5 Å². The zero-order valence-corrected chi connectivity index (χ0v) is 24.2. The van der Waals surface area contributed by atoms with Crippen LogP contribution in [-0.4, -0.2) is 71.0 Å². The van der Waals surface area contributed by atoms with Crippen LogP contribution in [-0.2, 0) is 47.8 Å². The molecule has 0 radical (unpaired) electrons. The number of pyridine rings is 1. The smallest absolute Gasteiger partial charge is 0.325 e. The van der Waals surface area contributed by atoms with E-state index in [2.05, 4.69) is 24.9 Å². The number of imidazole rings is 2. The average Bonchev–Trinajstić information content (AvgIpc) is 3.59. The van der Waals surface area contributed by atoms with Gasteiger partial charge in [-0.05, 0) is 24.8 Å². The summed E-state index contributed by atoms with van der Waals surface area (Å²) in [6, 6.07) is 3.56. The van der Waals surface area contributed by atoms with Crippen LogP contribution in [0.1, 0.15) is 24.5 Å². The highest BCUT2D eigenvalue weighted by molar-refractivity contribution is 8.07. The summed E-state index contributed by atoms with van der Waals surface area (Å²) in [7, 11) is 1.34. The molecule has 0 bridgehead atoms. The predicted molar refractivity (Wildman–Crippen MR) is 147 cm³/mol. The van der Waals surface area contributed by atoms with Crippen LogP contribution in [0.15, 0.2) is 23.4 Å². The Morgan fingerprint density at radius 3 is 2.95 bits per heavy atom. The van der Waals surface area contributed by atoms with Crippen LogP contribution in [0.25, 0.3) is 22.3 Å². The molecule has 4 N–H and O–H groups in total. The van der Waals surface area contributed by atoms with Crippen LogP contribution < -0.4 is 11.3 Å². The van der Waals surface area contributed by atoms with Gasteiger partial charge in [-0.2, -0.15) is 10.2 Å². The number of alkyl halides is 1. The number of nitrogen functional groups attached to an aromatic ring is 1. The van der Waals surface area contributed by atoms with Crippen LogP contribution in [0.5, 0.6) is 0 Å².